The lowest BCUT2D eigenvalue weighted by Crippen LogP contribution is -2.12. The molecular formula is C22H17ClN4O4. The number of amides is 1. The number of nitrogens with zero attached hydrogens (tertiary/aromatic N) is 3. The molecule has 2 heterocycles. The summed E-state index contributed by atoms with van der Waals surface area (Å²) in [5.41, 5.74) is 4.02. The van der Waals surface area contributed by atoms with Gasteiger partial charge in [0.1, 0.15) is 16.8 Å². The number of rotatable bonds is 4. The van der Waals surface area contributed by atoms with Crippen LogP contribution in [0, 0.1) is 6.92 Å². The maximum atomic E-state index is 12.8. The number of halogens is 1. The lowest BCUT2D eigenvalue weighted by Gasteiger charge is -2.08. The van der Waals surface area contributed by atoms with Gasteiger partial charge in [-0.25, -0.2) is 0 Å². The van der Waals surface area contributed by atoms with E-state index in [1.165, 1.54) is 4.80 Å². The second kappa shape index (κ2) is 7.48. The molecule has 1 amide bonds. The fourth-order valence-corrected chi connectivity index (χ4v) is 3.58. The van der Waals surface area contributed by atoms with Gasteiger partial charge in [-0.05, 0) is 61.0 Å². The van der Waals surface area contributed by atoms with Crippen LogP contribution in [-0.4, -0.2) is 34.8 Å². The van der Waals surface area contributed by atoms with Crippen molar-refractivity contribution in [2.45, 2.75) is 6.92 Å². The molecule has 0 spiro atoms. The third-order valence-corrected chi connectivity index (χ3v) is 5.27. The van der Waals surface area contributed by atoms with Crippen molar-refractivity contribution in [2.24, 2.45) is 0 Å². The van der Waals surface area contributed by atoms with Crippen LogP contribution in [0.5, 0.6) is 17.2 Å². The van der Waals surface area contributed by atoms with Gasteiger partial charge in [-0.2, -0.15) is 4.80 Å². The molecule has 0 fully saturated rings. The van der Waals surface area contributed by atoms with Crippen LogP contribution in [0.15, 0.2) is 48.5 Å². The second-order valence-corrected chi connectivity index (χ2v) is 7.39. The molecule has 0 aliphatic carbocycles. The number of nitrogens with one attached hydrogen (secondary N) is 1. The molecule has 1 aliphatic rings. The van der Waals surface area contributed by atoms with E-state index in [0.717, 1.165) is 5.56 Å². The molecule has 0 bridgehead atoms. The molecule has 0 saturated heterocycles. The fourth-order valence-electron chi connectivity index (χ4n) is 3.33. The highest BCUT2D eigenvalue weighted by Gasteiger charge is 2.17. The highest BCUT2D eigenvalue weighted by molar-refractivity contribution is 6.32. The molecule has 0 unspecified atom stereocenters. The van der Waals surface area contributed by atoms with Crippen LogP contribution in [0.2, 0.25) is 5.02 Å². The number of carbonyl (C=O) groups is 1. The molecule has 5 rings (SSSR count). The molecule has 0 atom stereocenters. The zero-order chi connectivity index (χ0) is 21.5. The number of anilines is 1. The Morgan fingerprint density at radius 1 is 1.06 bits per heavy atom. The number of benzene rings is 3. The van der Waals surface area contributed by atoms with E-state index in [9.17, 15) is 4.79 Å². The Balaban J connectivity index is 1.44. The Morgan fingerprint density at radius 2 is 1.84 bits per heavy atom. The molecule has 9 heteroatoms. The van der Waals surface area contributed by atoms with Crippen LogP contribution in [-0.2, 0) is 0 Å². The molecule has 0 radical (unpaired) electrons. The molecule has 0 saturated carbocycles. The van der Waals surface area contributed by atoms with Crippen LogP contribution in [0.3, 0.4) is 0 Å². The number of hydrogen-bond donors (Lipinski definition) is 1. The Labute approximate surface area is 182 Å². The Kier molecular flexibility index (Phi) is 4.63. The van der Waals surface area contributed by atoms with Crippen LogP contribution >= 0.6 is 11.6 Å². The van der Waals surface area contributed by atoms with Crippen molar-refractivity contribution in [1.29, 1.82) is 0 Å². The number of hydrogen-bond acceptors (Lipinski definition) is 6. The van der Waals surface area contributed by atoms with Crippen LogP contribution in [0.25, 0.3) is 16.7 Å². The summed E-state index contributed by atoms with van der Waals surface area (Å²) < 4.78 is 15.8. The first-order valence-electron chi connectivity index (χ1n) is 9.44. The topological polar surface area (TPSA) is 87.5 Å². The predicted molar refractivity (Wildman–Crippen MR) is 116 cm³/mol. The number of carbonyl (C=O) groups excluding carboxylic acids is 1. The van der Waals surface area contributed by atoms with Gasteiger partial charge < -0.3 is 19.5 Å². The largest absolute Gasteiger partial charge is 0.495 e. The lowest BCUT2D eigenvalue weighted by atomic mass is 10.1. The van der Waals surface area contributed by atoms with Crippen molar-refractivity contribution in [2.75, 3.05) is 19.2 Å². The second-order valence-electron chi connectivity index (χ2n) is 6.99. The molecule has 1 aliphatic heterocycles. The average Bonchev–Trinajstić information content (AvgIpc) is 3.39. The van der Waals surface area contributed by atoms with Crippen molar-refractivity contribution in [3.05, 3.63) is 64.7 Å². The van der Waals surface area contributed by atoms with Gasteiger partial charge in [0.05, 0.1) is 17.8 Å². The van der Waals surface area contributed by atoms with Crippen molar-refractivity contribution in [3.8, 4) is 22.9 Å². The van der Waals surface area contributed by atoms with Gasteiger partial charge in [-0.1, -0.05) is 11.6 Å². The minimum absolute atomic E-state index is 0.158. The summed E-state index contributed by atoms with van der Waals surface area (Å²) in [5.74, 6) is 1.51. The third-order valence-electron chi connectivity index (χ3n) is 4.98. The smallest absolute Gasteiger partial charge is 0.255 e. The van der Waals surface area contributed by atoms with E-state index in [2.05, 4.69) is 15.5 Å². The van der Waals surface area contributed by atoms with Crippen molar-refractivity contribution in [3.63, 3.8) is 0 Å². The van der Waals surface area contributed by atoms with Gasteiger partial charge in [0.15, 0.2) is 11.5 Å². The summed E-state index contributed by atoms with van der Waals surface area (Å²) in [6.45, 7) is 2.06. The van der Waals surface area contributed by atoms with E-state index in [1.807, 2.05) is 19.1 Å². The van der Waals surface area contributed by atoms with Crippen molar-refractivity contribution in [1.82, 2.24) is 15.0 Å². The fraction of sp³-hybridized carbons (Fsp3) is 0.136. The standard InChI is InChI=1S/C22H17ClN4O4/c1-12-7-17-18(26-27(25-17)14-4-6-19(29-2)15(23)9-14)10-16(12)24-22(28)13-3-5-20-21(8-13)31-11-30-20/h3-10H,11H2,1-2H3,(H,24,28). The number of aromatic nitrogens is 3. The zero-order valence-electron chi connectivity index (χ0n) is 16.7. The third kappa shape index (κ3) is 3.51. The Bertz CT molecular complexity index is 1330. The summed E-state index contributed by atoms with van der Waals surface area (Å²) in [5, 5.41) is 12.4. The van der Waals surface area contributed by atoms with Gasteiger partial charge >= 0.3 is 0 Å². The van der Waals surface area contributed by atoms with E-state index in [0.29, 0.717) is 50.2 Å². The monoisotopic (exact) mass is 436 g/mol. The maximum absolute atomic E-state index is 12.8. The summed E-state index contributed by atoms with van der Waals surface area (Å²) >= 11 is 6.22. The highest BCUT2D eigenvalue weighted by atomic mass is 35.5. The minimum Gasteiger partial charge on any atom is -0.495 e. The van der Waals surface area contributed by atoms with Gasteiger partial charge in [0, 0.05) is 11.3 Å². The Morgan fingerprint density at radius 3 is 2.61 bits per heavy atom. The van der Waals surface area contributed by atoms with Gasteiger partial charge in [-0.15, -0.1) is 10.2 Å². The Hall–Kier alpha value is -3.78. The molecule has 1 aromatic heterocycles. The zero-order valence-corrected chi connectivity index (χ0v) is 17.4. The normalized spacial score (nSPS) is 12.2. The average molecular weight is 437 g/mol. The number of fused-ring (bicyclic) bond motifs is 2. The SMILES string of the molecule is COc1ccc(-n2nc3cc(C)c(NC(=O)c4ccc5c(c4)OCO5)cc3n2)cc1Cl. The quantitative estimate of drug-likeness (QED) is 0.511. The first-order chi connectivity index (χ1) is 15.0. The van der Waals surface area contributed by atoms with E-state index in [1.54, 1.807) is 43.5 Å². The van der Waals surface area contributed by atoms with Crippen molar-refractivity contribution >= 4 is 34.2 Å². The molecule has 1 N–H and O–H groups in total. The van der Waals surface area contributed by atoms with Crippen LogP contribution in [0.4, 0.5) is 5.69 Å². The van der Waals surface area contributed by atoms with E-state index in [-0.39, 0.29) is 12.7 Å². The molecule has 156 valence electrons. The first-order valence-corrected chi connectivity index (χ1v) is 9.82. The number of methoxy groups -OCH3 is 1. The van der Waals surface area contributed by atoms with Crippen LogP contribution in [0.1, 0.15) is 15.9 Å². The van der Waals surface area contributed by atoms with E-state index in [4.69, 9.17) is 25.8 Å². The summed E-state index contributed by atoms with van der Waals surface area (Å²) in [4.78, 5) is 14.3. The summed E-state index contributed by atoms with van der Waals surface area (Å²) in [6, 6.07) is 14.1. The molecule has 8 nitrogen and oxygen atoms in total. The van der Waals surface area contributed by atoms with Crippen molar-refractivity contribution < 1.29 is 19.0 Å². The van der Waals surface area contributed by atoms with E-state index < -0.39 is 0 Å². The van der Waals surface area contributed by atoms with Gasteiger partial charge in [0.2, 0.25) is 6.79 Å². The van der Waals surface area contributed by atoms with Crippen LogP contribution < -0.4 is 19.5 Å². The summed E-state index contributed by atoms with van der Waals surface area (Å²) in [6.07, 6.45) is 0. The molecule has 3 aromatic carbocycles. The lowest BCUT2D eigenvalue weighted by molar-refractivity contribution is 0.102. The number of ether oxygens (including phenoxy) is 3. The minimum atomic E-state index is -0.255. The summed E-state index contributed by atoms with van der Waals surface area (Å²) in [7, 11) is 1.56. The first kappa shape index (κ1) is 19.2. The molecule has 4 aromatic rings. The number of aryl methyl sites for hydroxylation is 1. The molecular weight excluding hydrogens is 420 g/mol. The molecule has 31 heavy (non-hydrogen) atoms. The maximum Gasteiger partial charge on any atom is 0.255 e. The highest BCUT2D eigenvalue weighted by Crippen LogP contribution is 2.33. The van der Waals surface area contributed by atoms with E-state index >= 15 is 0 Å². The van der Waals surface area contributed by atoms with Gasteiger partial charge in [-0.3, -0.25) is 4.79 Å². The van der Waals surface area contributed by atoms with Gasteiger partial charge in [0.25, 0.3) is 5.91 Å². The predicted octanol–water partition coefficient (Wildman–Crippen LogP) is 4.37.